The van der Waals surface area contributed by atoms with Gasteiger partial charge >= 0.3 is 0 Å². The van der Waals surface area contributed by atoms with Gasteiger partial charge in [-0.25, -0.2) is 0 Å². The predicted molar refractivity (Wildman–Crippen MR) is 68.5 cm³/mol. The van der Waals surface area contributed by atoms with Crippen LogP contribution in [-0.2, 0) is 4.79 Å². The van der Waals surface area contributed by atoms with Crippen LogP contribution in [0.4, 0.5) is 11.4 Å². The van der Waals surface area contributed by atoms with Gasteiger partial charge in [0.1, 0.15) is 0 Å². The maximum absolute atomic E-state index is 12.2. The number of carbonyl (C=O) groups excluding carboxylic acids is 2. The normalized spacial score (nSPS) is 18.9. The molecule has 1 aromatic rings. The van der Waals surface area contributed by atoms with E-state index in [1.54, 1.807) is 23.1 Å². The number of carbonyl (C=O) groups is 2. The van der Waals surface area contributed by atoms with Gasteiger partial charge in [-0.1, -0.05) is 0 Å². The number of anilines is 2. The van der Waals surface area contributed by atoms with Crippen molar-refractivity contribution in [1.82, 2.24) is 4.90 Å². The summed E-state index contributed by atoms with van der Waals surface area (Å²) in [6.45, 7) is 0.883. The van der Waals surface area contributed by atoms with E-state index < -0.39 is 0 Å². The van der Waals surface area contributed by atoms with Crippen molar-refractivity contribution in [1.29, 1.82) is 0 Å². The van der Waals surface area contributed by atoms with Crippen LogP contribution in [-0.4, -0.2) is 29.8 Å². The molecule has 1 fully saturated rings. The second kappa shape index (κ2) is 4.56. The van der Waals surface area contributed by atoms with Crippen LogP contribution in [0.1, 0.15) is 16.8 Å². The van der Waals surface area contributed by atoms with Gasteiger partial charge in [0.05, 0.1) is 11.5 Å². The summed E-state index contributed by atoms with van der Waals surface area (Å²) in [5, 5.41) is 0. The standard InChI is InChI=1S/C12H16N4O2/c13-8-1-2-9(10(14)5-8)12(18)16-4-3-7(6-16)11(15)17/h1-2,5,7H,3-4,6,13-14H2,(H2,15,17). The van der Waals surface area contributed by atoms with Crippen LogP contribution in [0.3, 0.4) is 0 Å². The lowest BCUT2D eigenvalue weighted by molar-refractivity contribution is -0.121. The highest BCUT2D eigenvalue weighted by molar-refractivity contribution is 6.00. The van der Waals surface area contributed by atoms with Crippen LogP contribution in [0.25, 0.3) is 0 Å². The molecule has 1 atom stereocenters. The number of nitrogens with two attached hydrogens (primary N) is 3. The Morgan fingerprint density at radius 2 is 2.00 bits per heavy atom. The number of likely N-dealkylation sites (tertiary alicyclic amines) is 1. The number of hydrogen-bond acceptors (Lipinski definition) is 4. The second-order valence-electron chi connectivity index (χ2n) is 4.49. The molecule has 18 heavy (non-hydrogen) atoms. The minimum absolute atomic E-state index is 0.184. The van der Waals surface area contributed by atoms with Crippen molar-refractivity contribution >= 4 is 23.2 Å². The molecule has 1 aliphatic rings. The van der Waals surface area contributed by atoms with Crippen LogP contribution in [0, 0.1) is 5.92 Å². The number of benzene rings is 1. The van der Waals surface area contributed by atoms with Gasteiger partial charge in [-0.05, 0) is 24.6 Å². The lowest BCUT2D eigenvalue weighted by atomic mass is 10.1. The molecule has 96 valence electrons. The minimum Gasteiger partial charge on any atom is -0.399 e. The molecule has 1 unspecified atom stereocenters. The maximum Gasteiger partial charge on any atom is 0.255 e. The molecule has 2 amide bonds. The van der Waals surface area contributed by atoms with Gasteiger partial charge in [0.15, 0.2) is 0 Å². The van der Waals surface area contributed by atoms with Crippen LogP contribution in [0.2, 0.25) is 0 Å². The molecule has 0 saturated carbocycles. The molecule has 0 aromatic heterocycles. The highest BCUT2D eigenvalue weighted by Gasteiger charge is 2.30. The first-order chi connectivity index (χ1) is 8.49. The third kappa shape index (κ3) is 2.22. The van der Waals surface area contributed by atoms with Gasteiger partial charge in [-0.15, -0.1) is 0 Å². The summed E-state index contributed by atoms with van der Waals surface area (Å²) in [6.07, 6.45) is 0.607. The van der Waals surface area contributed by atoms with E-state index in [-0.39, 0.29) is 17.7 Å². The third-order valence-corrected chi connectivity index (χ3v) is 3.18. The highest BCUT2D eigenvalue weighted by atomic mass is 16.2. The quantitative estimate of drug-likeness (QED) is 0.628. The van der Waals surface area contributed by atoms with Gasteiger partial charge in [0, 0.05) is 24.5 Å². The Labute approximate surface area is 105 Å². The van der Waals surface area contributed by atoms with E-state index in [4.69, 9.17) is 17.2 Å². The van der Waals surface area contributed by atoms with Crippen molar-refractivity contribution in [3.05, 3.63) is 23.8 Å². The Bertz CT molecular complexity index is 501. The van der Waals surface area contributed by atoms with E-state index in [0.717, 1.165) is 0 Å². The fraction of sp³-hybridized carbons (Fsp3) is 0.333. The summed E-state index contributed by atoms with van der Waals surface area (Å²) in [7, 11) is 0. The number of nitrogens with zero attached hydrogens (tertiary/aromatic N) is 1. The molecule has 1 aromatic carbocycles. The SMILES string of the molecule is NC(=O)C1CCN(C(=O)c2ccc(N)cc2N)C1. The van der Waals surface area contributed by atoms with E-state index in [2.05, 4.69) is 0 Å². The highest BCUT2D eigenvalue weighted by Crippen LogP contribution is 2.22. The molecule has 1 aliphatic heterocycles. The lowest BCUT2D eigenvalue weighted by Gasteiger charge is -2.17. The molecular weight excluding hydrogens is 232 g/mol. The number of amides is 2. The summed E-state index contributed by atoms with van der Waals surface area (Å²) in [5.41, 5.74) is 17.8. The van der Waals surface area contributed by atoms with Crippen LogP contribution in [0.15, 0.2) is 18.2 Å². The van der Waals surface area contributed by atoms with E-state index in [9.17, 15) is 9.59 Å². The first-order valence-corrected chi connectivity index (χ1v) is 5.72. The average Bonchev–Trinajstić information content (AvgIpc) is 2.77. The largest absolute Gasteiger partial charge is 0.399 e. The van der Waals surface area contributed by atoms with Crippen molar-refractivity contribution in [2.24, 2.45) is 11.7 Å². The average molecular weight is 248 g/mol. The monoisotopic (exact) mass is 248 g/mol. The fourth-order valence-corrected chi connectivity index (χ4v) is 2.12. The van der Waals surface area contributed by atoms with Gasteiger partial charge in [-0.3, -0.25) is 9.59 Å². The molecule has 6 nitrogen and oxygen atoms in total. The van der Waals surface area contributed by atoms with Crippen molar-refractivity contribution in [3.63, 3.8) is 0 Å². The number of primary amides is 1. The molecule has 6 N–H and O–H groups in total. The molecule has 1 heterocycles. The van der Waals surface area contributed by atoms with E-state index >= 15 is 0 Å². The van der Waals surface area contributed by atoms with Gasteiger partial charge < -0.3 is 22.1 Å². The lowest BCUT2D eigenvalue weighted by Crippen LogP contribution is -2.32. The van der Waals surface area contributed by atoms with Crippen LogP contribution in [0.5, 0.6) is 0 Å². The zero-order valence-corrected chi connectivity index (χ0v) is 9.93. The Balaban J connectivity index is 2.15. The first-order valence-electron chi connectivity index (χ1n) is 5.72. The van der Waals surface area contributed by atoms with Crippen molar-refractivity contribution in [2.75, 3.05) is 24.6 Å². The molecule has 0 bridgehead atoms. The van der Waals surface area contributed by atoms with Crippen molar-refractivity contribution < 1.29 is 9.59 Å². The summed E-state index contributed by atoms with van der Waals surface area (Å²) in [5.74, 6) is -0.809. The molecule has 1 saturated heterocycles. The second-order valence-corrected chi connectivity index (χ2v) is 4.49. The molecule has 0 aliphatic carbocycles. The molecule has 2 rings (SSSR count). The summed E-state index contributed by atoms with van der Waals surface area (Å²) in [4.78, 5) is 24.9. The Hall–Kier alpha value is -2.24. The summed E-state index contributed by atoms with van der Waals surface area (Å²) in [6, 6.07) is 4.78. The first kappa shape index (κ1) is 12.2. The maximum atomic E-state index is 12.2. The zero-order valence-electron chi connectivity index (χ0n) is 9.93. The van der Waals surface area contributed by atoms with E-state index in [0.29, 0.717) is 36.4 Å². The number of hydrogen-bond donors (Lipinski definition) is 3. The van der Waals surface area contributed by atoms with Gasteiger partial charge in [-0.2, -0.15) is 0 Å². The Kier molecular flexibility index (Phi) is 3.10. The van der Waals surface area contributed by atoms with Gasteiger partial charge in [0.25, 0.3) is 5.91 Å². The molecule has 0 spiro atoms. The number of rotatable bonds is 2. The molecule has 0 radical (unpaired) electrons. The molecule has 6 heteroatoms. The van der Waals surface area contributed by atoms with Gasteiger partial charge in [0.2, 0.25) is 5.91 Å². The van der Waals surface area contributed by atoms with Crippen molar-refractivity contribution in [2.45, 2.75) is 6.42 Å². The van der Waals surface area contributed by atoms with E-state index in [1.165, 1.54) is 0 Å². The van der Waals surface area contributed by atoms with Crippen LogP contribution < -0.4 is 17.2 Å². The smallest absolute Gasteiger partial charge is 0.255 e. The third-order valence-electron chi connectivity index (χ3n) is 3.18. The summed E-state index contributed by atoms with van der Waals surface area (Å²) >= 11 is 0. The zero-order chi connectivity index (χ0) is 13.3. The Morgan fingerprint density at radius 3 is 2.56 bits per heavy atom. The van der Waals surface area contributed by atoms with Crippen LogP contribution >= 0.6 is 0 Å². The fourth-order valence-electron chi connectivity index (χ4n) is 2.12. The van der Waals surface area contributed by atoms with E-state index in [1.807, 2.05) is 0 Å². The minimum atomic E-state index is -0.365. The number of nitrogen functional groups attached to an aromatic ring is 2. The predicted octanol–water partition coefficient (Wildman–Crippen LogP) is -0.202. The Morgan fingerprint density at radius 1 is 1.28 bits per heavy atom. The molecular formula is C12H16N4O2. The topological polar surface area (TPSA) is 115 Å². The van der Waals surface area contributed by atoms with Crippen molar-refractivity contribution in [3.8, 4) is 0 Å². The summed E-state index contributed by atoms with van der Waals surface area (Å²) < 4.78 is 0.